The van der Waals surface area contributed by atoms with Crippen LogP contribution in [0.15, 0.2) is 47.5 Å². The fourth-order valence-corrected chi connectivity index (χ4v) is 6.66. The maximum atomic E-state index is 14.1. The van der Waals surface area contributed by atoms with Gasteiger partial charge in [-0.3, -0.25) is 39.9 Å². The van der Waals surface area contributed by atoms with Crippen LogP contribution in [0.25, 0.3) is 5.76 Å². The number of phenols is 1. The lowest BCUT2D eigenvalue weighted by atomic mass is 9.57. The van der Waals surface area contributed by atoms with E-state index in [9.17, 15) is 39.6 Å². The normalized spacial score (nSPS) is 24.5. The van der Waals surface area contributed by atoms with E-state index >= 15 is 0 Å². The van der Waals surface area contributed by atoms with Gasteiger partial charge < -0.3 is 31.1 Å². The maximum Gasteiger partial charge on any atom is 0.255 e. The van der Waals surface area contributed by atoms with Crippen molar-refractivity contribution in [2.24, 2.45) is 17.6 Å². The summed E-state index contributed by atoms with van der Waals surface area (Å²) in [6.45, 7) is 0. The number of hydrogen-bond donors (Lipinski definition) is 7. The number of anilines is 2. The molecule has 44 heavy (non-hydrogen) atoms. The number of rotatable bonds is 7. The molecule has 0 spiro atoms. The number of nitrogens with one attached hydrogen (secondary N) is 2. The van der Waals surface area contributed by atoms with E-state index in [1.54, 1.807) is 63.7 Å². The standard InChI is InChI=1S/C30H34N6O8/c1-35(2)18-11-17(33-34-19(37)8-13-6-5-7-32-12-13)24(38)21-15(18)9-14-10-16-23(36(3)4)26(40)22(29(31)43)28(42)30(16,44)27(41)20(14)25(21)39/h5-7,11-12,14,16,23,33,38-39,42,44H,8-10H2,1-4H3,(H2,31,43)(H,34,37)/t14?,16?,23-,30-/m0/s1. The quantitative estimate of drug-likeness (QED) is 0.127. The van der Waals surface area contributed by atoms with Gasteiger partial charge in [0.2, 0.25) is 11.7 Å². The van der Waals surface area contributed by atoms with Crippen LogP contribution in [-0.4, -0.2) is 93.5 Å². The minimum Gasteiger partial charge on any atom is -0.508 e. The number of aromatic hydroxyl groups is 1. The van der Waals surface area contributed by atoms with Crippen molar-refractivity contribution in [1.82, 2.24) is 15.3 Å². The summed E-state index contributed by atoms with van der Waals surface area (Å²) in [7, 11) is 6.57. The Morgan fingerprint density at radius 3 is 2.45 bits per heavy atom. The lowest BCUT2D eigenvalue weighted by Gasteiger charge is -2.50. The Hall–Kier alpha value is -4.95. The Morgan fingerprint density at radius 2 is 1.86 bits per heavy atom. The van der Waals surface area contributed by atoms with Crippen LogP contribution in [0, 0.1) is 11.8 Å². The highest BCUT2D eigenvalue weighted by Gasteiger charge is 2.64. The molecule has 3 aliphatic rings. The number of carbonyl (C=O) groups excluding carboxylic acids is 4. The second-order valence-electron chi connectivity index (χ2n) is 11.7. The first-order valence-electron chi connectivity index (χ1n) is 13.8. The molecule has 1 aromatic heterocycles. The number of pyridine rings is 1. The topological polar surface area (TPSA) is 219 Å². The lowest BCUT2D eigenvalue weighted by molar-refractivity contribution is -0.153. The highest BCUT2D eigenvalue weighted by molar-refractivity contribution is 6.24. The van der Waals surface area contributed by atoms with Gasteiger partial charge in [0.25, 0.3) is 5.91 Å². The number of nitrogens with two attached hydrogens (primary N) is 1. The third-order valence-electron chi connectivity index (χ3n) is 8.60. The molecule has 4 atom stereocenters. The molecule has 2 aromatic rings. The first-order chi connectivity index (χ1) is 20.7. The van der Waals surface area contributed by atoms with Crippen LogP contribution in [0.4, 0.5) is 11.4 Å². The van der Waals surface area contributed by atoms with Crippen LogP contribution in [0.3, 0.4) is 0 Å². The van der Waals surface area contributed by atoms with E-state index in [2.05, 4.69) is 15.8 Å². The fourth-order valence-electron chi connectivity index (χ4n) is 6.66. The summed E-state index contributed by atoms with van der Waals surface area (Å²) >= 11 is 0. The fraction of sp³-hybridized carbons (Fsp3) is 0.367. The Balaban J connectivity index is 1.59. The smallest absolute Gasteiger partial charge is 0.255 e. The van der Waals surface area contributed by atoms with Gasteiger partial charge in [0, 0.05) is 43.7 Å². The highest BCUT2D eigenvalue weighted by Crippen LogP contribution is 2.54. The molecule has 3 aliphatic carbocycles. The summed E-state index contributed by atoms with van der Waals surface area (Å²) in [5.41, 5.74) is 8.31. The van der Waals surface area contributed by atoms with Crippen LogP contribution in [0.2, 0.25) is 0 Å². The number of likely N-dealkylation sites (N-methyl/N-ethyl adjacent to an activating group) is 1. The van der Waals surface area contributed by atoms with Crippen molar-refractivity contribution in [3.63, 3.8) is 0 Å². The molecule has 232 valence electrons. The monoisotopic (exact) mass is 606 g/mol. The molecule has 0 aliphatic heterocycles. The number of primary amides is 1. The molecular weight excluding hydrogens is 572 g/mol. The van der Waals surface area contributed by atoms with Crippen molar-refractivity contribution in [3.05, 3.63) is 64.2 Å². The van der Waals surface area contributed by atoms with Crippen molar-refractivity contribution in [2.45, 2.75) is 30.9 Å². The first kappa shape index (κ1) is 30.5. The summed E-state index contributed by atoms with van der Waals surface area (Å²) in [4.78, 5) is 59.2. The molecule has 14 nitrogen and oxygen atoms in total. The van der Waals surface area contributed by atoms with Crippen LogP contribution in [0.1, 0.15) is 23.1 Å². The van der Waals surface area contributed by atoms with Crippen LogP contribution in [-0.2, 0) is 32.0 Å². The predicted octanol–water partition coefficient (Wildman–Crippen LogP) is 0.111. The van der Waals surface area contributed by atoms with Gasteiger partial charge in [0.1, 0.15) is 17.1 Å². The molecule has 2 amide bonds. The Kier molecular flexibility index (Phi) is 7.60. The number of aromatic nitrogens is 1. The molecule has 0 saturated heterocycles. The zero-order valence-corrected chi connectivity index (χ0v) is 24.6. The number of aliphatic hydroxyl groups excluding tert-OH is 2. The van der Waals surface area contributed by atoms with E-state index in [-0.39, 0.29) is 36.1 Å². The Labute approximate surface area is 252 Å². The molecule has 1 aromatic carbocycles. The summed E-state index contributed by atoms with van der Waals surface area (Å²) in [5.74, 6) is -7.80. The van der Waals surface area contributed by atoms with E-state index < -0.39 is 69.7 Å². The van der Waals surface area contributed by atoms with Crippen molar-refractivity contribution in [3.8, 4) is 5.75 Å². The largest absolute Gasteiger partial charge is 0.508 e. The molecule has 0 bridgehead atoms. The zero-order valence-electron chi connectivity index (χ0n) is 24.6. The van der Waals surface area contributed by atoms with Crippen LogP contribution in [0.5, 0.6) is 5.75 Å². The van der Waals surface area contributed by atoms with Crippen LogP contribution < -0.4 is 21.5 Å². The SMILES string of the molecule is CN(C)c1cc(NNC(=O)Cc2cccnc2)c(O)c2c1CC1CC3[C@H](N(C)C)C(=O)C(C(N)=O)=C(O)[C@@]3(O)C(=O)C1=C2O. The minimum atomic E-state index is -2.74. The first-order valence-corrected chi connectivity index (χ1v) is 13.8. The Bertz CT molecular complexity index is 1650. The molecule has 1 saturated carbocycles. The molecule has 1 fully saturated rings. The predicted molar refractivity (Wildman–Crippen MR) is 158 cm³/mol. The molecule has 14 heteroatoms. The third-order valence-corrected chi connectivity index (χ3v) is 8.60. The second-order valence-corrected chi connectivity index (χ2v) is 11.7. The van der Waals surface area contributed by atoms with E-state index in [0.29, 0.717) is 16.8 Å². The molecule has 5 rings (SSSR count). The lowest BCUT2D eigenvalue weighted by Crippen LogP contribution is -2.65. The maximum absolute atomic E-state index is 14.1. The molecule has 0 radical (unpaired) electrons. The number of amides is 2. The number of benzene rings is 1. The van der Waals surface area contributed by atoms with Crippen molar-refractivity contribution in [1.29, 1.82) is 0 Å². The number of Topliss-reactive ketones (excluding diaryl/α,β-unsaturated/α-hetero) is 2. The van der Waals surface area contributed by atoms with Crippen molar-refractivity contribution >= 4 is 40.5 Å². The van der Waals surface area contributed by atoms with Gasteiger partial charge in [-0.25, -0.2) is 0 Å². The van der Waals surface area contributed by atoms with Gasteiger partial charge in [-0.15, -0.1) is 0 Å². The van der Waals surface area contributed by atoms with Crippen molar-refractivity contribution < 1.29 is 39.6 Å². The van der Waals surface area contributed by atoms with Crippen molar-refractivity contribution in [2.75, 3.05) is 38.5 Å². The van der Waals surface area contributed by atoms with E-state index in [1.807, 2.05) is 0 Å². The second kappa shape index (κ2) is 11.0. The van der Waals surface area contributed by atoms with E-state index in [4.69, 9.17) is 5.73 Å². The molecule has 2 unspecified atom stereocenters. The van der Waals surface area contributed by atoms with E-state index in [0.717, 1.165) is 0 Å². The van der Waals surface area contributed by atoms with Gasteiger partial charge in [-0.1, -0.05) is 6.07 Å². The number of aliphatic hydroxyl groups is 3. The highest BCUT2D eigenvalue weighted by atomic mass is 16.3. The van der Waals surface area contributed by atoms with Gasteiger partial charge in [0.05, 0.1) is 23.7 Å². The minimum absolute atomic E-state index is 0.000933. The average molecular weight is 607 g/mol. The number of carbonyl (C=O) groups is 4. The zero-order chi connectivity index (χ0) is 32.2. The molecular formula is C30H34N6O8. The number of hydrogen-bond acceptors (Lipinski definition) is 12. The molecule has 1 heterocycles. The number of fused-ring (bicyclic) bond motifs is 3. The Morgan fingerprint density at radius 1 is 1.16 bits per heavy atom. The summed E-state index contributed by atoms with van der Waals surface area (Å²) < 4.78 is 0. The van der Waals surface area contributed by atoms with Gasteiger partial charge in [-0.2, -0.15) is 0 Å². The van der Waals surface area contributed by atoms with Gasteiger partial charge in [0.15, 0.2) is 17.1 Å². The number of ketones is 2. The molecule has 8 N–H and O–H groups in total. The van der Waals surface area contributed by atoms with E-state index in [1.165, 1.54) is 4.90 Å². The average Bonchev–Trinajstić information content (AvgIpc) is 2.94. The summed E-state index contributed by atoms with van der Waals surface area (Å²) in [5, 5.41) is 45.7. The number of hydrazine groups is 1. The number of nitrogens with zero attached hydrogens (tertiary/aromatic N) is 3. The summed E-state index contributed by atoms with van der Waals surface area (Å²) in [6, 6.07) is 3.84. The number of phenolic OH excluding ortho intramolecular Hbond substituents is 1. The van der Waals surface area contributed by atoms with Gasteiger partial charge >= 0.3 is 0 Å². The summed E-state index contributed by atoms with van der Waals surface area (Å²) in [6.07, 6.45) is 3.23. The third kappa shape index (κ3) is 4.62. The van der Waals surface area contributed by atoms with Crippen LogP contribution >= 0.6 is 0 Å². The van der Waals surface area contributed by atoms with Gasteiger partial charge in [-0.05, 0) is 56.1 Å².